The molecule has 1 saturated heterocycles. The maximum atomic E-state index is 5.86. The summed E-state index contributed by atoms with van der Waals surface area (Å²) in [6.45, 7) is 4.88. The van der Waals surface area contributed by atoms with Gasteiger partial charge in [0.1, 0.15) is 0 Å². The molecule has 3 nitrogen and oxygen atoms in total. The molecule has 0 radical (unpaired) electrons. The Morgan fingerprint density at radius 3 is 2.41 bits per heavy atom. The van der Waals surface area contributed by atoms with Crippen LogP contribution >= 0.6 is 0 Å². The summed E-state index contributed by atoms with van der Waals surface area (Å²) in [5.74, 6) is 0.618. The standard InChI is InChI=1S/C14H20N2O/c15-14-9-13(14)12-3-1-11(2-4-12)10-16-5-7-17-8-6-16/h1-4,13-14H,5-10,15H2/t13-,14+/m0/s1. The van der Waals surface area contributed by atoms with Crippen LogP contribution in [0.4, 0.5) is 0 Å². The van der Waals surface area contributed by atoms with Crippen LogP contribution in [0.25, 0.3) is 0 Å². The van der Waals surface area contributed by atoms with E-state index in [-0.39, 0.29) is 0 Å². The van der Waals surface area contributed by atoms with Crippen LogP contribution < -0.4 is 5.73 Å². The van der Waals surface area contributed by atoms with Gasteiger partial charge in [0.25, 0.3) is 0 Å². The Hall–Kier alpha value is -0.900. The first-order valence-electron chi connectivity index (χ1n) is 6.47. The topological polar surface area (TPSA) is 38.5 Å². The number of nitrogens with two attached hydrogens (primary N) is 1. The molecule has 1 heterocycles. The molecule has 2 fully saturated rings. The highest BCUT2D eigenvalue weighted by Gasteiger charge is 2.34. The summed E-state index contributed by atoms with van der Waals surface area (Å²) < 4.78 is 5.35. The predicted molar refractivity (Wildman–Crippen MR) is 67.9 cm³/mol. The zero-order chi connectivity index (χ0) is 11.7. The smallest absolute Gasteiger partial charge is 0.0594 e. The molecule has 2 aliphatic rings. The van der Waals surface area contributed by atoms with E-state index in [1.165, 1.54) is 11.1 Å². The van der Waals surface area contributed by atoms with Crippen LogP contribution in [0.3, 0.4) is 0 Å². The number of hydrogen-bond acceptors (Lipinski definition) is 3. The Morgan fingerprint density at radius 2 is 1.82 bits per heavy atom. The van der Waals surface area contributed by atoms with Crippen LogP contribution in [0.5, 0.6) is 0 Å². The Morgan fingerprint density at radius 1 is 1.18 bits per heavy atom. The van der Waals surface area contributed by atoms with Crippen molar-refractivity contribution in [3.8, 4) is 0 Å². The molecule has 0 amide bonds. The van der Waals surface area contributed by atoms with Gasteiger partial charge in [-0.05, 0) is 17.5 Å². The van der Waals surface area contributed by atoms with Crippen molar-refractivity contribution in [1.29, 1.82) is 0 Å². The van der Waals surface area contributed by atoms with E-state index in [1.807, 2.05) is 0 Å². The molecule has 1 aromatic carbocycles. The first-order valence-corrected chi connectivity index (χ1v) is 6.47. The summed E-state index contributed by atoms with van der Waals surface area (Å²) in [7, 11) is 0. The van der Waals surface area contributed by atoms with E-state index in [0.29, 0.717) is 12.0 Å². The second kappa shape index (κ2) is 4.77. The lowest BCUT2D eigenvalue weighted by Crippen LogP contribution is -2.35. The zero-order valence-corrected chi connectivity index (χ0v) is 10.1. The second-order valence-electron chi connectivity index (χ2n) is 5.14. The van der Waals surface area contributed by atoms with Crippen molar-refractivity contribution in [3.63, 3.8) is 0 Å². The molecule has 2 N–H and O–H groups in total. The number of ether oxygens (including phenoxy) is 1. The van der Waals surface area contributed by atoms with E-state index in [1.54, 1.807) is 0 Å². The second-order valence-corrected chi connectivity index (χ2v) is 5.14. The number of morpholine rings is 1. The van der Waals surface area contributed by atoms with Crippen molar-refractivity contribution in [1.82, 2.24) is 4.90 Å². The van der Waals surface area contributed by atoms with E-state index in [9.17, 15) is 0 Å². The minimum atomic E-state index is 0.403. The van der Waals surface area contributed by atoms with Crippen LogP contribution in [0.15, 0.2) is 24.3 Å². The van der Waals surface area contributed by atoms with Crippen molar-refractivity contribution in [2.24, 2.45) is 5.73 Å². The maximum absolute atomic E-state index is 5.86. The number of nitrogens with zero attached hydrogens (tertiary/aromatic N) is 1. The van der Waals surface area contributed by atoms with E-state index in [0.717, 1.165) is 39.3 Å². The summed E-state index contributed by atoms with van der Waals surface area (Å²) in [6.07, 6.45) is 1.16. The van der Waals surface area contributed by atoms with E-state index < -0.39 is 0 Å². The molecule has 2 atom stereocenters. The number of benzene rings is 1. The molecule has 0 unspecified atom stereocenters. The van der Waals surface area contributed by atoms with Crippen molar-refractivity contribution in [3.05, 3.63) is 35.4 Å². The van der Waals surface area contributed by atoms with Gasteiger partial charge in [0, 0.05) is 31.6 Å². The van der Waals surface area contributed by atoms with Gasteiger partial charge >= 0.3 is 0 Å². The van der Waals surface area contributed by atoms with Crippen LogP contribution in [-0.4, -0.2) is 37.2 Å². The monoisotopic (exact) mass is 232 g/mol. The molecule has 17 heavy (non-hydrogen) atoms. The van der Waals surface area contributed by atoms with Crippen molar-refractivity contribution in [2.75, 3.05) is 26.3 Å². The fourth-order valence-electron chi connectivity index (χ4n) is 2.49. The molecule has 0 spiro atoms. The molecule has 1 saturated carbocycles. The molecule has 0 aromatic heterocycles. The molecule has 3 rings (SSSR count). The highest BCUT2D eigenvalue weighted by Crippen LogP contribution is 2.38. The zero-order valence-electron chi connectivity index (χ0n) is 10.1. The van der Waals surface area contributed by atoms with Gasteiger partial charge in [-0.1, -0.05) is 24.3 Å². The van der Waals surface area contributed by atoms with Gasteiger partial charge in [-0.25, -0.2) is 0 Å². The minimum Gasteiger partial charge on any atom is -0.379 e. The molecule has 92 valence electrons. The largest absolute Gasteiger partial charge is 0.379 e. The predicted octanol–water partition coefficient (Wildman–Crippen LogP) is 1.33. The Bertz CT molecular complexity index is 370. The van der Waals surface area contributed by atoms with Crippen molar-refractivity contribution < 1.29 is 4.74 Å². The van der Waals surface area contributed by atoms with E-state index >= 15 is 0 Å². The third-order valence-corrected chi connectivity index (χ3v) is 3.76. The molecule has 1 aromatic rings. The molecule has 0 bridgehead atoms. The summed E-state index contributed by atoms with van der Waals surface area (Å²) in [6, 6.07) is 9.38. The van der Waals surface area contributed by atoms with Gasteiger partial charge in [0.05, 0.1) is 13.2 Å². The van der Waals surface area contributed by atoms with E-state index in [2.05, 4.69) is 29.2 Å². The fraction of sp³-hybridized carbons (Fsp3) is 0.571. The average molecular weight is 232 g/mol. The summed E-state index contributed by atoms with van der Waals surface area (Å²) in [5.41, 5.74) is 8.66. The van der Waals surface area contributed by atoms with Gasteiger partial charge in [-0.2, -0.15) is 0 Å². The van der Waals surface area contributed by atoms with Gasteiger partial charge in [0.2, 0.25) is 0 Å². The normalized spacial score (nSPS) is 29.2. The highest BCUT2D eigenvalue weighted by molar-refractivity contribution is 5.30. The summed E-state index contributed by atoms with van der Waals surface area (Å²) >= 11 is 0. The number of hydrogen-bond donors (Lipinski definition) is 1. The van der Waals surface area contributed by atoms with E-state index in [4.69, 9.17) is 10.5 Å². The van der Waals surface area contributed by atoms with Crippen molar-refractivity contribution >= 4 is 0 Å². The van der Waals surface area contributed by atoms with Crippen molar-refractivity contribution in [2.45, 2.75) is 24.9 Å². The average Bonchev–Trinajstić information content (AvgIpc) is 3.09. The summed E-state index contributed by atoms with van der Waals surface area (Å²) in [5, 5.41) is 0. The first kappa shape index (κ1) is 11.2. The minimum absolute atomic E-state index is 0.403. The Balaban J connectivity index is 1.59. The van der Waals surface area contributed by atoms with Gasteiger partial charge in [-0.15, -0.1) is 0 Å². The molecule has 1 aliphatic carbocycles. The highest BCUT2D eigenvalue weighted by atomic mass is 16.5. The molecule has 3 heteroatoms. The fourth-order valence-corrected chi connectivity index (χ4v) is 2.49. The molecule has 1 aliphatic heterocycles. The quantitative estimate of drug-likeness (QED) is 0.854. The van der Waals surface area contributed by atoms with Gasteiger partial charge in [-0.3, -0.25) is 4.90 Å². The van der Waals surface area contributed by atoms with Crippen LogP contribution in [-0.2, 0) is 11.3 Å². The third kappa shape index (κ3) is 2.68. The van der Waals surface area contributed by atoms with Crippen LogP contribution in [0, 0.1) is 0 Å². The van der Waals surface area contributed by atoms with Crippen LogP contribution in [0.1, 0.15) is 23.5 Å². The third-order valence-electron chi connectivity index (χ3n) is 3.76. The molecular formula is C14H20N2O. The first-order chi connectivity index (χ1) is 8.33. The van der Waals surface area contributed by atoms with Gasteiger partial charge in [0.15, 0.2) is 0 Å². The number of rotatable bonds is 3. The Kier molecular flexibility index (Phi) is 3.14. The maximum Gasteiger partial charge on any atom is 0.0594 e. The van der Waals surface area contributed by atoms with Gasteiger partial charge < -0.3 is 10.5 Å². The summed E-state index contributed by atoms with van der Waals surface area (Å²) in [4.78, 5) is 2.45. The lowest BCUT2D eigenvalue weighted by molar-refractivity contribution is 0.0342. The molecular weight excluding hydrogens is 212 g/mol. The Labute approximate surface area is 103 Å². The lowest BCUT2D eigenvalue weighted by atomic mass is 10.1. The SMILES string of the molecule is N[C@@H]1C[C@H]1c1ccc(CN2CCOCC2)cc1. The van der Waals surface area contributed by atoms with Crippen LogP contribution in [0.2, 0.25) is 0 Å². The lowest BCUT2D eigenvalue weighted by Gasteiger charge is -2.26.